The fourth-order valence-electron chi connectivity index (χ4n) is 4.78. The summed E-state index contributed by atoms with van der Waals surface area (Å²) in [6.07, 6.45) is 0.723. The average Bonchev–Trinajstić information content (AvgIpc) is 3.54. The summed E-state index contributed by atoms with van der Waals surface area (Å²) in [6.45, 7) is 2.58. The first-order chi connectivity index (χ1) is 17.3. The molecular formula is C27H28N4O5. The molecule has 2 aliphatic heterocycles. The van der Waals surface area contributed by atoms with Crippen LogP contribution in [0.5, 0.6) is 0 Å². The molecule has 2 saturated heterocycles. The number of likely N-dealkylation sites (tertiary alicyclic amines) is 2. The third kappa shape index (κ3) is 4.46. The number of methoxy groups -OCH3 is 1. The molecule has 9 nitrogen and oxygen atoms in total. The van der Waals surface area contributed by atoms with Crippen molar-refractivity contribution in [2.45, 2.75) is 31.1 Å². The first-order valence-electron chi connectivity index (χ1n) is 11.9. The van der Waals surface area contributed by atoms with Crippen molar-refractivity contribution in [2.24, 2.45) is 0 Å². The van der Waals surface area contributed by atoms with Crippen LogP contribution in [0.25, 0.3) is 16.6 Å². The van der Waals surface area contributed by atoms with Crippen LogP contribution in [0.4, 0.5) is 0 Å². The molecule has 2 fully saturated rings. The number of ether oxygens (including phenoxy) is 1. The molecule has 2 N–H and O–H groups in total. The Morgan fingerprint density at radius 2 is 2.08 bits per heavy atom. The Balaban J connectivity index is 1.50. The third-order valence-electron chi connectivity index (χ3n) is 6.79. The molecule has 3 heterocycles. The van der Waals surface area contributed by atoms with Crippen molar-refractivity contribution in [3.63, 3.8) is 0 Å². The van der Waals surface area contributed by atoms with Gasteiger partial charge in [-0.05, 0) is 42.3 Å². The molecule has 186 valence electrons. The van der Waals surface area contributed by atoms with Crippen LogP contribution in [0.3, 0.4) is 0 Å². The normalized spacial score (nSPS) is 22.2. The molecule has 5 rings (SSSR count). The van der Waals surface area contributed by atoms with E-state index in [1.165, 1.54) is 12.0 Å². The van der Waals surface area contributed by atoms with Crippen LogP contribution >= 0.6 is 0 Å². The molecule has 0 spiro atoms. The van der Waals surface area contributed by atoms with Gasteiger partial charge in [-0.3, -0.25) is 9.69 Å². The SMILES string of the molecule is COC(=O)c1nn(-c2cccc(C#C[C@]3(O)CCN(C)C3=O)c2)c2ccc(CN3CCC(O)C3)cc12. The van der Waals surface area contributed by atoms with Crippen molar-refractivity contribution in [1.82, 2.24) is 19.6 Å². The highest BCUT2D eigenvalue weighted by Crippen LogP contribution is 2.26. The largest absolute Gasteiger partial charge is 0.464 e. The summed E-state index contributed by atoms with van der Waals surface area (Å²) in [5, 5.41) is 25.7. The van der Waals surface area contributed by atoms with E-state index in [2.05, 4.69) is 21.8 Å². The minimum absolute atomic E-state index is 0.209. The quantitative estimate of drug-likeness (QED) is 0.421. The fourth-order valence-corrected chi connectivity index (χ4v) is 4.78. The summed E-state index contributed by atoms with van der Waals surface area (Å²) in [4.78, 5) is 28.4. The van der Waals surface area contributed by atoms with Gasteiger partial charge in [0.05, 0.1) is 24.4 Å². The standard InChI is InChI=1S/C27H28N4O5/c1-29-13-11-27(35,26(29)34)10-8-18-4-3-5-20(14-18)31-23-7-6-19(16-30-12-9-21(32)17-30)15-22(23)24(28-31)25(33)36-2/h3-7,14-15,21,32,35H,9,11-13,16-17H2,1-2H3/t21?,27-/m0/s1. The Labute approximate surface area is 208 Å². The topological polar surface area (TPSA) is 108 Å². The zero-order chi connectivity index (χ0) is 25.4. The number of carbonyl (C=O) groups excluding carboxylic acids is 2. The summed E-state index contributed by atoms with van der Waals surface area (Å²) >= 11 is 0. The number of fused-ring (bicyclic) bond motifs is 1. The zero-order valence-corrected chi connectivity index (χ0v) is 20.3. The van der Waals surface area contributed by atoms with Gasteiger partial charge in [-0.15, -0.1) is 0 Å². The lowest BCUT2D eigenvalue weighted by Gasteiger charge is -2.15. The number of aromatic nitrogens is 2. The molecule has 0 bridgehead atoms. The van der Waals surface area contributed by atoms with Gasteiger partial charge >= 0.3 is 5.97 Å². The van der Waals surface area contributed by atoms with Gasteiger partial charge in [0.15, 0.2) is 5.69 Å². The second-order valence-electron chi connectivity index (χ2n) is 9.42. The second-order valence-corrected chi connectivity index (χ2v) is 9.42. The predicted molar refractivity (Wildman–Crippen MR) is 132 cm³/mol. The molecular weight excluding hydrogens is 460 g/mol. The van der Waals surface area contributed by atoms with Crippen LogP contribution in [-0.4, -0.2) is 87.2 Å². The van der Waals surface area contributed by atoms with Crippen LogP contribution in [0, 0.1) is 11.8 Å². The highest BCUT2D eigenvalue weighted by atomic mass is 16.5. The first kappa shape index (κ1) is 24.0. The molecule has 0 aliphatic carbocycles. The number of rotatable bonds is 4. The minimum atomic E-state index is -1.68. The number of amides is 1. The van der Waals surface area contributed by atoms with Crippen molar-refractivity contribution >= 4 is 22.8 Å². The molecule has 36 heavy (non-hydrogen) atoms. The van der Waals surface area contributed by atoms with Crippen LogP contribution in [0.15, 0.2) is 42.5 Å². The van der Waals surface area contributed by atoms with E-state index in [1.807, 2.05) is 30.3 Å². The lowest BCUT2D eigenvalue weighted by molar-refractivity contribution is -0.137. The highest BCUT2D eigenvalue weighted by Gasteiger charge is 2.42. The molecule has 1 aromatic heterocycles. The average molecular weight is 489 g/mol. The summed E-state index contributed by atoms with van der Waals surface area (Å²) in [5.74, 6) is 4.73. The van der Waals surface area contributed by atoms with Gasteiger partial charge in [0.25, 0.3) is 5.91 Å². The van der Waals surface area contributed by atoms with Gasteiger partial charge in [-0.25, -0.2) is 9.48 Å². The van der Waals surface area contributed by atoms with Crippen molar-refractivity contribution in [3.8, 4) is 17.5 Å². The van der Waals surface area contributed by atoms with E-state index in [1.54, 1.807) is 23.9 Å². The van der Waals surface area contributed by atoms with Crippen molar-refractivity contribution in [2.75, 3.05) is 33.8 Å². The maximum absolute atomic E-state index is 12.6. The molecule has 3 aromatic rings. The first-order valence-corrected chi connectivity index (χ1v) is 11.9. The van der Waals surface area contributed by atoms with Crippen molar-refractivity contribution in [3.05, 3.63) is 59.3 Å². The summed E-state index contributed by atoms with van der Waals surface area (Å²) in [7, 11) is 2.97. The second kappa shape index (κ2) is 9.39. The number of likely N-dealkylation sites (N-methyl/N-ethyl adjacent to an activating group) is 1. The van der Waals surface area contributed by atoms with Gasteiger partial charge in [0.2, 0.25) is 5.60 Å². The van der Waals surface area contributed by atoms with E-state index in [9.17, 15) is 19.8 Å². The van der Waals surface area contributed by atoms with Gasteiger partial charge in [0, 0.05) is 50.6 Å². The Kier molecular flexibility index (Phi) is 6.26. The zero-order valence-electron chi connectivity index (χ0n) is 20.3. The van der Waals surface area contributed by atoms with E-state index in [-0.39, 0.29) is 18.2 Å². The number of carbonyl (C=O) groups is 2. The number of hydrogen-bond donors (Lipinski definition) is 2. The smallest absolute Gasteiger partial charge is 0.359 e. The van der Waals surface area contributed by atoms with Crippen LogP contribution < -0.4 is 0 Å². The monoisotopic (exact) mass is 488 g/mol. The van der Waals surface area contributed by atoms with Gasteiger partial charge < -0.3 is 19.8 Å². The Bertz CT molecular complexity index is 1400. The number of hydrogen-bond acceptors (Lipinski definition) is 7. The number of esters is 1. The summed E-state index contributed by atoms with van der Waals surface area (Å²) < 4.78 is 6.65. The Morgan fingerprint density at radius 1 is 1.25 bits per heavy atom. The summed E-state index contributed by atoms with van der Waals surface area (Å²) in [6, 6.07) is 13.1. The minimum Gasteiger partial charge on any atom is -0.464 e. The Hall–Kier alpha value is -3.71. The number of β-amino-alcohol motifs (C(OH)–C–C–N with tert-alkyl or cyclic N) is 1. The number of aliphatic hydroxyl groups excluding tert-OH is 1. The van der Waals surface area contributed by atoms with Gasteiger partial charge in [-0.2, -0.15) is 5.10 Å². The van der Waals surface area contributed by atoms with E-state index in [0.717, 1.165) is 24.0 Å². The molecule has 9 heteroatoms. The number of benzene rings is 2. The van der Waals surface area contributed by atoms with E-state index < -0.39 is 17.5 Å². The maximum Gasteiger partial charge on any atom is 0.359 e. The molecule has 2 atom stereocenters. The lowest BCUT2D eigenvalue weighted by atomic mass is 10.0. The Morgan fingerprint density at radius 3 is 2.78 bits per heavy atom. The number of aliphatic hydroxyl groups is 2. The molecule has 1 amide bonds. The predicted octanol–water partition coefficient (Wildman–Crippen LogP) is 1.32. The van der Waals surface area contributed by atoms with Gasteiger partial charge in [-0.1, -0.05) is 24.0 Å². The molecule has 0 saturated carbocycles. The molecule has 1 unspecified atom stereocenters. The maximum atomic E-state index is 12.6. The van der Waals surface area contributed by atoms with Crippen molar-refractivity contribution < 1.29 is 24.5 Å². The number of nitrogens with zero attached hydrogens (tertiary/aromatic N) is 4. The van der Waals surface area contributed by atoms with E-state index in [0.29, 0.717) is 36.3 Å². The highest BCUT2D eigenvalue weighted by molar-refractivity contribution is 6.02. The lowest BCUT2D eigenvalue weighted by Crippen LogP contribution is -2.37. The third-order valence-corrected chi connectivity index (χ3v) is 6.79. The van der Waals surface area contributed by atoms with Crippen molar-refractivity contribution in [1.29, 1.82) is 0 Å². The van der Waals surface area contributed by atoms with Crippen LogP contribution in [0.2, 0.25) is 0 Å². The molecule has 2 aliphatic rings. The molecule has 0 radical (unpaired) electrons. The van der Waals surface area contributed by atoms with E-state index >= 15 is 0 Å². The summed E-state index contributed by atoms with van der Waals surface area (Å²) in [5.41, 5.74) is 1.57. The van der Waals surface area contributed by atoms with Crippen LogP contribution in [-0.2, 0) is 16.1 Å². The fraction of sp³-hybridized carbons (Fsp3) is 0.370. The van der Waals surface area contributed by atoms with Crippen LogP contribution in [0.1, 0.15) is 34.5 Å². The van der Waals surface area contributed by atoms with E-state index in [4.69, 9.17) is 4.74 Å². The molecule has 2 aromatic carbocycles. The van der Waals surface area contributed by atoms with Gasteiger partial charge in [0.1, 0.15) is 0 Å².